The molecule has 0 unspecified atom stereocenters. The standard InChI is InChI=1S/C18H26N4O2/c1-13-19-10-14-6-7-21(11-15(14)20-13)12-18(23)22-8-9-24-17-5-3-2-4-16(17)22/h10,16-17H,2-9,11-12H2,1H3/t16-,17+/m0/s1. The minimum Gasteiger partial charge on any atom is -0.374 e. The number of rotatable bonds is 2. The van der Waals surface area contributed by atoms with Gasteiger partial charge in [0.15, 0.2) is 0 Å². The molecule has 1 saturated heterocycles. The summed E-state index contributed by atoms with van der Waals surface area (Å²) in [4.78, 5) is 26.0. The van der Waals surface area contributed by atoms with E-state index >= 15 is 0 Å². The summed E-state index contributed by atoms with van der Waals surface area (Å²) in [6, 6.07) is 0.293. The van der Waals surface area contributed by atoms with Gasteiger partial charge < -0.3 is 9.64 Å². The summed E-state index contributed by atoms with van der Waals surface area (Å²) < 4.78 is 5.89. The Labute approximate surface area is 143 Å². The number of carbonyl (C=O) groups is 1. The third kappa shape index (κ3) is 3.17. The number of hydrogen-bond acceptors (Lipinski definition) is 5. The topological polar surface area (TPSA) is 58.6 Å². The molecule has 1 aromatic rings. The average molecular weight is 330 g/mol. The first-order valence-electron chi connectivity index (χ1n) is 9.15. The monoisotopic (exact) mass is 330 g/mol. The van der Waals surface area contributed by atoms with Crippen LogP contribution in [0.1, 0.15) is 42.8 Å². The predicted octanol–water partition coefficient (Wildman–Crippen LogP) is 1.31. The lowest BCUT2D eigenvalue weighted by atomic mass is 9.90. The van der Waals surface area contributed by atoms with Crippen molar-refractivity contribution >= 4 is 5.91 Å². The molecule has 6 heteroatoms. The second kappa shape index (κ2) is 6.76. The largest absolute Gasteiger partial charge is 0.374 e. The lowest BCUT2D eigenvalue weighted by molar-refractivity contribution is -0.150. The highest BCUT2D eigenvalue weighted by Gasteiger charge is 2.37. The Morgan fingerprint density at radius 2 is 2.21 bits per heavy atom. The minimum absolute atomic E-state index is 0.254. The molecule has 1 aliphatic carbocycles. The van der Waals surface area contributed by atoms with Crippen LogP contribution in [-0.2, 0) is 22.5 Å². The molecular formula is C18H26N4O2. The summed E-state index contributed by atoms with van der Waals surface area (Å²) in [5.41, 5.74) is 2.31. The van der Waals surface area contributed by atoms with Crippen LogP contribution in [0.2, 0.25) is 0 Å². The fourth-order valence-electron chi connectivity index (χ4n) is 4.28. The fourth-order valence-corrected chi connectivity index (χ4v) is 4.28. The zero-order valence-corrected chi connectivity index (χ0v) is 14.4. The molecule has 0 N–H and O–H groups in total. The van der Waals surface area contributed by atoms with Gasteiger partial charge in [-0.1, -0.05) is 12.8 Å². The molecular weight excluding hydrogens is 304 g/mol. The van der Waals surface area contributed by atoms with Gasteiger partial charge in [0.25, 0.3) is 0 Å². The van der Waals surface area contributed by atoms with E-state index in [2.05, 4.69) is 19.8 Å². The number of morpholine rings is 1. The first kappa shape index (κ1) is 16.0. The minimum atomic E-state index is 0.254. The Kier molecular flexibility index (Phi) is 4.50. The average Bonchev–Trinajstić information content (AvgIpc) is 2.61. The summed E-state index contributed by atoms with van der Waals surface area (Å²) >= 11 is 0. The van der Waals surface area contributed by atoms with Crippen LogP contribution in [0.3, 0.4) is 0 Å². The first-order valence-corrected chi connectivity index (χ1v) is 9.15. The molecule has 0 spiro atoms. The summed E-state index contributed by atoms with van der Waals surface area (Å²) in [6.07, 6.45) is 7.75. The molecule has 1 aromatic heterocycles. The van der Waals surface area contributed by atoms with Gasteiger partial charge in [0.1, 0.15) is 5.82 Å². The maximum Gasteiger partial charge on any atom is 0.237 e. The van der Waals surface area contributed by atoms with E-state index in [0.717, 1.165) is 50.4 Å². The van der Waals surface area contributed by atoms with Gasteiger partial charge in [-0.15, -0.1) is 0 Å². The molecule has 1 saturated carbocycles. The second-order valence-electron chi connectivity index (χ2n) is 7.20. The second-order valence-corrected chi connectivity index (χ2v) is 7.20. The zero-order chi connectivity index (χ0) is 16.5. The van der Waals surface area contributed by atoms with Crippen molar-refractivity contribution in [2.24, 2.45) is 0 Å². The summed E-state index contributed by atoms with van der Waals surface area (Å²) in [7, 11) is 0. The van der Waals surface area contributed by atoms with Gasteiger partial charge >= 0.3 is 0 Å². The Morgan fingerprint density at radius 3 is 3.12 bits per heavy atom. The van der Waals surface area contributed by atoms with Crippen LogP contribution in [0.4, 0.5) is 0 Å². The molecule has 2 aliphatic heterocycles. The molecule has 3 heterocycles. The van der Waals surface area contributed by atoms with Gasteiger partial charge in [-0.3, -0.25) is 9.69 Å². The smallest absolute Gasteiger partial charge is 0.237 e. The van der Waals surface area contributed by atoms with Crippen molar-refractivity contribution in [3.8, 4) is 0 Å². The van der Waals surface area contributed by atoms with E-state index in [4.69, 9.17) is 4.74 Å². The molecule has 0 aromatic carbocycles. The highest BCUT2D eigenvalue weighted by molar-refractivity contribution is 5.78. The molecule has 0 radical (unpaired) electrons. The van der Waals surface area contributed by atoms with Gasteiger partial charge in [0.05, 0.1) is 31.0 Å². The maximum atomic E-state index is 12.9. The van der Waals surface area contributed by atoms with E-state index in [0.29, 0.717) is 19.2 Å². The third-order valence-electron chi connectivity index (χ3n) is 5.56. The SMILES string of the molecule is Cc1ncc2c(n1)CN(CC(=O)N1CCO[C@@H]3CCCC[C@@H]31)CC2. The number of nitrogens with zero attached hydrogens (tertiary/aromatic N) is 4. The molecule has 0 bridgehead atoms. The van der Waals surface area contributed by atoms with Crippen LogP contribution in [0.15, 0.2) is 6.20 Å². The van der Waals surface area contributed by atoms with Gasteiger partial charge in [-0.05, 0) is 31.7 Å². The third-order valence-corrected chi connectivity index (χ3v) is 5.56. The number of ether oxygens (including phenoxy) is 1. The van der Waals surface area contributed by atoms with Gasteiger partial charge in [-0.2, -0.15) is 0 Å². The molecule has 1 amide bonds. The Morgan fingerprint density at radius 1 is 1.33 bits per heavy atom. The number of aryl methyl sites for hydroxylation is 1. The van der Waals surface area contributed by atoms with E-state index in [1.165, 1.54) is 18.4 Å². The van der Waals surface area contributed by atoms with Gasteiger partial charge in [0.2, 0.25) is 5.91 Å². The quantitative estimate of drug-likeness (QED) is 0.818. The lowest BCUT2D eigenvalue weighted by Crippen LogP contribution is -2.57. The van der Waals surface area contributed by atoms with E-state index < -0.39 is 0 Å². The van der Waals surface area contributed by atoms with Gasteiger partial charge in [0, 0.05) is 25.8 Å². The lowest BCUT2D eigenvalue weighted by Gasteiger charge is -2.44. The normalized spacial score (nSPS) is 27.5. The van der Waals surface area contributed by atoms with Crippen LogP contribution in [0.5, 0.6) is 0 Å². The highest BCUT2D eigenvalue weighted by Crippen LogP contribution is 2.28. The Balaban J connectivity index is 1.41. The number of aromatic nitrogens is 2. The van der Waals surface area contributed by atoms with E-state index in [9.17, 15) is 4.79 Å². The van der Waals surface area contributed by atoms with Crippen molar-refractivity contribution in [2.45, 2.75) is 57.7 Å². The molecule has 3 aliphatic rings. The van der Waals surface area contributed by atoms with Crippen molar-refractivity contribution in [1.82, 2.24) is 19.8 Å². The summed E-state index contributed by atoms with van der Waals surface area (Å²) in [5.74, 6) is 1.06. The summed E-state index contributed by atoms with van der Waals surface area (Å²) in [6.45, 7) is 5.49. The van der Waals surface area contributed by atoms with Crippen molar-refractivity contribution in [3.63, 3.8) is 0 Å². The maximum absolute atomic E-state index is 12.9. The summed E-state index contributed by atoms with van der Waals surface area (Å²) in [5, 5.41) is 0. The molecule has 4 rings (SSSR count). The number of fused-ring (bicyclic) bond motifs is 2. The molecule has 130 valence electrons. The van der Waals surface area contributed by atoms with Crippen molar-refractivity contribution < 1.29 is 9.53 Å². The van der Waals surface area contributed by atoms with Crippen LogP contribution >= 0.6 is 0 Å². The number of carbonyl (C=O) groups excluding carboxylic acids is 1. The van der Waals surface area contributed by atoms with Crippen LogP contribution in [0.25, 0.3) is 0 Å². The fraction of sp³-hybridized carbons (Fsp3) is 0.722. The number of amides is 1. The van der Waals surface area contributed by atoms with Gasteiger partial charge in [-0.25, -0.2) is 9.97 Å². The molecule has 2 fully saturated rings. The van der Waals surface area contributed by atoms with Crippen molar-refractivity contribution in [2.75, 3.05) is 26.2 Å². The van der Waals surface area contributed by atoms with E-state index in [-0.39, 0.29) is 12.0 Å². The Hall–Kier alpha value is -1.53. The highest BCUT2D eigenvalue weighted by atomic mass is 16.5. The van der Waals surface area contributed by atoms with Crippen molar-refractivity contribution in [1.29, 1.82) is 0 Å². The Bertz CT molecular complexity index is 619. The molecule has 2 atom stereocenters. The van der Waals surface area contributed by atoms with Crippen LogP contribution in [0, 0.1) is 6.92 Å². The van der Waals surface area contributed by atoms with Crippen LogP contribution in [-0.4, -0.2) is 64.1 Å². The van der Waals surface area contributed by atoms with Crippen LogP contribution < -0.4 is 0 Å². The first-order chi connectivity index (χ1) is 11.7. The van der Waals surface area contributed by atoms with E-state index in [1.807, 2.05) is 13.1 Å². The molecule has 6 nitrogen and oxygen atoms in total. The number of hydrogen-bond donors (Lipinski definition) is 0. The molecule has 24 heavy (non-hydrogen) atoms. The van der Waals surface area contributed by atoms with E-state index in [1.54, 1.807) is 0 Å². The van der Waals surface area contributed by atoms with Crippen molar-refractivity contribution in [3.05, 3.63) is 23.3 Å². The predicted molar refractivity (Wildman–Crippen MR) is 89.5 cm³/mol. The zero-order valence-electron chi connectivity index (χ0n) is 14.4.